The van der Waals surface area contributed by atoms with Crippen LogP contribution in [0.2, 0.25) is 0 Å². The Hall–Kier alpha value is -4.38. The van der Waals surface area contributed by atoms with Crippen molar-refractivity contribution in [1.29, 1.82) is 0 Å². The smallest absolute Gasteiger partial charge is 0.332 e. The van der Waals surface area contributed by atoms with Crippen molar-refractivity contribution in [3.05, 3.63) is 101 Å². The number of para-hydroxylation sites is 1. The van der Waals surface area contributed by atoms with Crippen LogP contribution in [0.15, 0.2) is 66.9 Å². The second-order valence-electron chi connectivity index (χ2n) is 11.5. The number of benzene rings is 4. The summed E-state index contributed by atoms with van der Waals surface area (Å²) >= 11 is 0. The number of aryl methyl sites for hydroxylation is 6. The summed E-state index contributed by atoms with van der Waals surface area (Å²) in [6, 6.07) is 22.8. The summed E-state index contributed by atoms with van der Waals surface area (Å²) in [5.74, 6) is 0.791. The summed E-state index contributed by atoms with van der Waals surface area (Å²) in [5.41, 5.74) is 15.2. The fourth-order valence-corrected chi connectivity index (χ4v) is 7.36. The molecule has 1 aliphatic heterocycles. The van der Waals surface area contributed by atoms with Crippen LogP contribution in [-0.2, 0) is 0 Å². The van der Waals surface area contributed by atoms with Gasteiger partial charge in [-0.1, -0.05) is 59.2 Å². The van der Waals surface area contributed by atoms with Crippen LogP contribution in [0.1, 0.15) is 33.6 Å². The van der Waals surface area contributed by atoms with E-state index in [1.807, 2.05) is 13.1 Å². The Balaban J connectivity index is 1.64. The van der Waals surface area contributed by atoms with E-state index in [0.29, 0.717) is 0 Å². The van der Waals surface area contributed by atoms with Crippen molar-refractivity contribution in [3.63, 3.8) is 0 Å². The van der Waals surface area contributed by atoms with E-state index in [1.165, 1.54) is 77.1 Å². The minimum atomic E-state index is 0.0265. The number of hydrogen-bond donors (Lipinski definition) is 0. The van der Waals surface area contributed by atoms with Crippen LogP contribution in [0, 0.1) is 41.5 Å². The fourth-order valence-electron chi connectivity index (χ4n) is 7.36. The lowest BCUT2D eigenvalue weighted by atomic mass is 9.47. The third-order valence-corrected chi connectivity index (χ3v) is 8.72. The molecule has 4 aromatic carbocycles. The van der Waals surface area contributed by atoms with Crippen LogP contribution in [0.5, 0.6) is 0 Å². The molecule has 1 aliphatic rings. The van der Waals surface area contributed by atoms with Gasteiger partial charge in [-0.25, -0.2) is 9.97 Å². The maximum absolute atomic E-state index is 4.97. The van der Waals surface area contributed by atoms with E-state index in [1.54, 1.807) is 0 Å². The Morgan fingerprint density at radius 2 is 1.31 bits per heavy atom. The molecule has 8 rings (SSSR count). The van der Waals surface area contributed by atoms with Gasteiger partial charge < -0.3 is 4.48 Å². The van der Waals surface area contributed by atoms with Gasteiger partial charge in [-0.15, -0.1) is 0 Å². The Labute approximate surface area is 228 Å². The molecule has 4 nitrogen and oxygen atoms in total. The van der Waals surface area contributed by atoms with E-state index in [0.717, 1.165) is 16.9 Å². The van der Waals surface area contributed by atoms with Crippen molar-refractivity contribution >= 4 is 61.5 Å². The lowest BCUT2D eigenvalue weighted by molar-refractivity contribution is 1.05. The SMILES string of the molecule is Cc1cc(C)c2c(c1)c1cc(C)cc(C)c1n2B1c2ccccc2-n2c3nc(C)ncc3c3ccc(C)c1c32. The van der Waals surface area contributed by atoms with E-state index >= 15 is 0 Å². The average molecular weight is 504 g/mol. The molecule has 0 N–H and O–H groups in total. The molecule has 0 saturated heterocycles. The van der Waals surface area contributed by atoms with Crippen molar-refractivity contribution in [2.45, 2.75) is 41.5 Å². The molecule has 0 atom stereocenters. The molecule has 188 valence electrons. The predicted octanol–water partition coefficient (Wildman–Crippen LogP) is 6.50. The van der Waals surface area contributed by atoms with Crippen LogP contribution in [0.4, 0.5) is 0 Å². The van der Waals surface area contributed by atoms with Gasteiger partial charge in [0, 0.05) is 44.5 Å². The summed E-state index contributed by atoms with van der Waals surface area (Å²) in [6.45, 7) is 13.2. The van der Waals surface area contributed by atoms with Gasteiger partial charge in [-0.2, -0.15) is 0 Å². The number of aromatic nitrogens is 4. The van der Waals surface area contributed by atoms with Gasteiger partial charge in [-0.3, -0.25) is 4.57 Å². The minimum absolute atomic E-state index is 0.0265. The molecular weight excluding hydrogens is 475 g/mol. The molecule has 0 saturated carbocycles. The first-order valence-corrected chi connectivity index (χ1v) is 13.7. The molecule has 4 heterocycles. The van der Waals surface area contributed by atoms with Crippen molar-refractivity contribution < 1.29 is 0 Å². The van der Waals surface area contributed by atoms with Crippen molar-refractivity contribution in [1.82, 2.24) is 19.0 Å². The summed E-state index contributed by atoms with van der Waals surface area (Å²) in [6.07, 6.45) is 2.00. The lowest BCUT2D eigenvalue weighted by Crippen LogP contribution is -2.54. The largest absolute Gasteiger partial charge is 0.375 e. The van der Waals surface area contributed by atoms with Gasteiger partial charge in [0.15, 0.2) is 0 Å². The van der Waals surface area contributed by atoms with Gasteiger partial charge in [0.2, 0.25) is 0 Å². The second kappa shape index (κ2) is 7.60. The van der Waals surface area contributed by atoms with Crippen LogP contribution >= 0.6 is 0 Å². The predicted molar refractivity (Wildman–Crippen MR) is 165 cm³/mol. The second-order valence-corrected chi connectivity index (χ2v) is 11.5. The van der Waals surface area contributed by atoms with Crippen LogP contribution in [0.25, 0.3) is 49.4 Å². The molecule has 0 radical (unpaired) electrons. The highest BCUT2D eigenvalue weighted by Crippen LogP contribution is 2.38. The minimum Gasteiger partial charge on any atom is -0.375 e. The average Bonchev–Trinajstić information content (AvgIpc) is 3.39. The Kier molecular flexibility index (Phi) is 4.40. The van der Waals surface area contributed by atoms with Gasteiger partial charge in [-0.05, 0) is 81.8 Å². The number of fused-ring (bicyclic) bond motifs is 8. The normalized spacial score (nSPS) is 12.8. The van der Waals surface area contributed by atoms with E-state index in [9.17, 15) is 0 Å². The van der Waals surface area contributed by atoms with E-state index in [-0.39, 0.29) is 6.85 Å². The first kappa shape index (κ1) is 22.6. The fraction of sp³-hybridized carbons (Fsp3) is 0.176. The molecule has 39 heavy (non-hydrogen) atoms. The zero-order chi connectivity index (χ0) is 26.7. The van der Waals surface area contributed by atoms with Crippen molar-refractivity contribution in [2.75, 3.05) is 0 Å². The maximum Gasteiger partial charge on any atom is 0.332 e. The zero-order valence-corrected chi connectivity index (χ0v) is 23.2. The Morgan fingerprint density at radius 3 is 2.00 bits per heavy atom. The first-order chi connectivity index (χ1) is 18.8. The highest BCUT2D eigenvalue weighted by molar-refractivity contribution is 6.88. The van der Waals surface area contributed by atoms with Crippen LogP contribution in [0.3, 0.4) is 0 Å². The molecular formula is C34H29BN4. The van der Waals surface area contributed by atoms with Gasteiger partial charge >= 0.3 is 6.85 Å². The van der Waals surface area contributed by atoms with E-state index in [4.69, 9.17) is 4.98 Å². The van der Waals surface area contributed by atoms with Crippen LogP contribution < -0.4 is 10.9 Å². The third-order valence-electron chi connectivity index (χ3n) is 8.72. The maximum atomic E-state index is 4.97. The highest BCUT2D eigenvalue weighted by Gasteiger charge is 2.38. The van der Waals surface area contributed by atoms with Crippen molar-refractivity contribution in [2.24, 2.45) is 0 Å². The standard InChI is InChI=1S/C34H29BN4/c1-18-13-21(4)31-25(15-18)26-16-19(2)14-22(5)32(26)39(31)35-28-9-7-8-10-29(28)38-33-24(12-11-20(3)30(33)35)27-17-36-23(6)37-34(27)38/h7-17H,1-6H3. The number of rotatable bonds is 1. The van der Waals surface area contributed by atoms with Crippen LogP contribution in [-0.4, -0.2) is 25.9 Å². The highest BCUT2D eigenvalue weighted by atomic mass is 15.1. The monoisotopic (exact) mass is 504 g/mol. The van der Waals surface area contributed by atoms with E-state index < -0.39 is 0 Å². The zero-order valence-electron chi connectivity index (χ0n) is 23.2. The molecule has 0 fully saturated rings. The quantitative estimate of drug-likeness (QED) is 0.239. The molecule has 3 aromatic heterocycles. The van der Waals surface area contributed by atoms with Gasteiger partial charge in [0.05, 0.1) is 5.52 Å². The van der Waals surface area contributed by atoms with E-state index in [2.05, 4.69) is 109 Å². The van der Waals surface area contributed by atoms with Crippen molar-refractivity contribution in [3.8, 4) is 5.69 Å². The molecule has 7 aromatic rings. The van der Waals surface area contributed by atoms with Gasteiger partial charge in [0.25, 0.3) is 0 Å². The molecule has 0 unspecified atom stereocenters. The Bertz CT molecular complexity index is 2130. The first-order valence-electron chi connectivity index (χ1n) is 13.7. The summed E-state index contributed by atoms with van der Waals surface area (Å²) in [5, 5.41) is 4.99. The number of nitrogens with zero attached hydrogens (tertiary/aromatic N) is 4. The lowest BCUT2D eigenvalue weighted by Gasteiger charge is -2.30. The molecule has 0 aliphatic carbocycles. The molecule has 0 spiro atoms. The topological polar surface area (TPSA) is 35.6 Å². The van der Waals surface area contributed by atoms with Gasteiger partial charge in [0.1, 0.15) is 11.5 Å². The number of hydrogen-bond acceptors (Lipinski definition) is 2. The molecule has 0 amide bonds. The molecule has 0 bridgehead atoms. The third kappa shape index (κ3) is 2.85. The summed E-state index contributed by atoms with van der Waals surface area (Å²) in [4.78, 5) is 9.56. The Morgan fingerprint density at radius 1 is 0.641 bits per heavy atom. The summed E-state index contributed by atoms with van der Waals surface area (Å²) < 4.78 is 5.03. The summed E-state index contributed by atoms with van der Waals surface area (Å²) in [7, 11) is 0. The molecule has 5 heteroatoms.